The quantitative estimate of drug-likeness (QED) is 0.492. The first kappa shape index (κ1) is 20.4. The Labute approximate surface area is 178 Å². The van der Waals surface area contributed by atoms with Gasteiger partial charge in [-0.1, -0.05) is 26.8 Å². The van der Waals surface area contributed by atoms with Crippen molar-refractivity contribution in [2.45, 2.75) is 32.7 Å². The lowest BCUT2D eigenvalue weighted by Crippen LogP contribution is -2.16. The van der Waals surface area contributed by atoms with E-state index in [-0.39, 0.29) is 29.0 Å². The van der Waals surface area contributed by atoms with E-state index in [4.69, 9.17) is 4.42 Å². The van der Waals surface area contributed by atoms with Crippen LogP contribution in [0.25, 0.3) is 16.5 Å². The number of hydrogen-bond acceptors (Lipinski definition) is 5. The molecule has 3 aromatic heterocycles. The minimum atomic E-state index is -0.354. The highest BCUT2D eigenvalue weighted by molar-refractivity contribution is 6.01. The standard InChI is InChI=1S/C24H23N3O4/c1-24(2,3)16-4-5-18-19(11-16)20(23(30)26-22(18)29)13-25-12-15-6-8-27(21(28)10-15)17-7-9-31-14-17/h4-11,13-14H,12H2,1-3H3,(H2,26,29,30). The molecule has 0 bridgehead atoms. The fraction of sp³-hybridized carbons (Fsp3) is 0.208. The molecule has 4 aromatic rings. The number of aromatic hydroxyl groups is 1. The van der Waals surface area contributed by atoms with Crippen molar-refractivity contribution in [2.75, 3.05) is 0 Å². The number of furan rings is 1. The Hall–Kier alpha value is -3.87. The second kappa shape index (κ2) is 7.75. The summed E-state index contributed by atoms with van der Waals surface area (Å²) < 4.78 is 6.50. The predicted octanol–water partition coefficient (Wildman–Crippen LogP) is 3.89. The number of H-pyrrole nitrogens is 1. The van der Waals surface area contributed by atoms with Crippen LogP contribution in [-0.2, 0) is 12.0 Å². The summed E-state index contributed by atoms with van der Waals surface area (Å²) >= 11 is 0. The van der Waals surface area contributed by atoms with E-state index in [1.54, 1.807) is 24.4 Å². The number of nitrogens with one attached hydrogen (secondary N) is 1. The summed E-state index contributed by atoms with van der Waals surface area (Å²) in [5.41, 5.74) is 2.20. The maximum absolute atomic E-state index is 12.4. The molecule has 0 aliphatic heterocycles. The van der Waals surface area contributed by atoms with Crippen molar-refractivity contribution in [3.8, 4) is 11.6 Å². The Morgan fingerprint density at radius 1 is 1.13 bits per heavy atom. The highest BCUT2D eigenvalue weighted by atomic mass is 16.3. The molecule has 158 valence electrons. The van der Waals surface area contributed by atoms with Crippen LogP contribution in [0.5, 0.6) is 5.88 Å². The van der Waals surface area contributed by atoms with Crippen LogP contribution in [0.15, 0.2) is 74.1 Å². The van der Waals surface area contributed by atoms with Crippen LogP contribution in [0.1, 0.15) is 37.5 Å². The van der Waals surface area contributed by atoms with Crippen LogP contribution in [0.3, 0.4) is 0 Å². The Morgan fingerprint density at radius 3 is 2.61 bits per heavy atom. The van der Waals surface area contributed by atoms with Crippen molar-refractivity contribution in [1.29, 1.82) is 0 Å². The van der Waals surface area contributed by atoms with Gasteiger partial charge in [-0.3, -0.25) is 24.1 Å². The van der Waals surface area contributed by atoms with Gasteiger partial charge in [0.15, 0.2) is 0 Å². The predicted molar refractivity (Wildman–Crippen MR) is 121 cm³/mol. The fourth-order valence-corrected chi connectivity index (χ4v) is 3.40. The molecule has 0 saturated carbocycles. The highest BCUT2D eigenvalue weighted by Crippen LogP contribution is 2.28. The number of nitrogens with zero attached hydrogens (tertiary/aromatic N) is 2. The van der Waals surface area contributed by atoms with Gasteiger partial charge in [-0.05, 0) is 34.7 Å². The fourth-order valence-electron chi connectivity index (χ4n) is 3.40. The normalized spacial score (nSPS) is 12.1. The molecule has 0 radical (unpaired) electrons. The minimum Gasteiger partial charge on any atom is -0.494 e. The van der Waals surface area contributed by atoms with Crippen LogP contribution in [-0.4, -0.2) is 20.9 Å². The van der Waals surface area contributed by atoms with Gasteiger partial charge in [0.1, 0.15) is 6.26 Å². The van der Waals surface area contributed by atoms with Crippen molar-refractivity contribution in [1.82, 2.24) is 9.55 Å². The lowest BCUT2D eigenvalue weighted by atomic mass is 9.85. The van der Waals surface area contributed by atoms with Crippen LogP contribution >= 0.6 is 0 Å². The smallest absolute Gasteiger partial charge is 0.258 e. The van der Waals surface area contributed by atoms with Crippen molar-refractivity contribution in [3.05, 3.63) is 92.5 Å². The second-order valence-corrected chi connectivity index (χ2v) is 8.42. The summed E-state index contributed by atoms with van der Waals surface area (Å²) in [6.45, 7) is 6.50. The summed E-state index contributed by atoms with van der Waals surface area (Å²) in [4.78, 5) is 31.5. The first-order valence-corrected chi connectivity index (χ1v) is 9.87. The number of benzene rings is 1. The van der Waals surface area contributed by atoms with Gasteiger partial charge in [0.05, 0.1) is 24.1 Å². The number of hydrogen-bond donors (Lipinski definition) is 2. The summed E-state index contributed by atoms with van der Waals surface area (Å²) in [6.07, 6.45) is 6.20. The van der Waals surface area contributed by atoms with E-state index in [0.29, 0.717) is 22.0 Å². The molecule has 4 rings (SSSR count). The molecule has 7 heteroatoms. The van der Waals surface area contributed by atoms with E-state index in [1.807, 2.05) is 12.1 Å². The summed E-state index contributed by atoms with van der Waals surface area (Å²) in [5, 5.41) is 11.5. The summed E-state index contributed by atoms with van der Waals surface area (Å²) in [5.74, 6) is -0.234. The molecule has 0 aliphatic carbocycles. The van der Waals surface area contributed by atoms with Crippen LogP contribution in [0.2, 0.25) is 0 Å². The SMILES string of the molecule is CC(C)(C)c1ccc2c(=O)[nH]c(O)c(C=NCc3ccn(-c4ccoc4)c(=O)c3)c2c1. The highest BCUT2D eigenvalue weighted by Gasteiger charge is 2.17. The van der Waals surface area contributed by atoms with Gasteiger partial charge >= 0.3 is 0 Å². The number of rotatable bonds is 4. The number of aromatic nitrogens is 2. The maximum Gasteiger partial charge on any atom is 0.258 e. The Kier molecular flexibility index (Phi) is 5.10. The summed E-state index contributed by atoms with van der Waals surface area (Å²) in [6, 6.07) is 10.6. The van der Waals surface area contributed by atoms with E-state index < -0.39 is 0 Å². The molecule has 0 aliphatic rings. The van der Waals surface area contributed by atoms with Crippen molar-refractivity contribution < 1.29 is 9.52 Å². The summed E-state index contributed by atoms with van der Waals surface area (Å²) in [7, 11) is 0. The monoisotopic (exact) mass is 417 g/mol. The van der Waals surface area contributed by atoms with E-state index in [1.165, 1.54) is 29.4 Å². The van der Waals surface area contributed by atoms with E-state index >= 15 is 0 Å². The van der Waals surface area contributed by atoms with Gasteiger partial charge in [0, 0.05) is 35.3 Å². The lowest BCUT2D eigenvalue weighted by molar-refractivity contribution is 0.452. The average molecular weight is 417 g/mol. The van der Waals surface area contributed by atoms with E-state index in [0.717, 1.165) is 11.1 Å². The number of aliphatic imine (C=N–C) groups is 1. The van der Waals surface area contributed by atoms with Crippen molar-refractivity contribution in [3.63, 3.8) is 0 Å². The molecular weight excluding hydrogens is 394 g/mol. The van der Waals surface area contributed by atoms with E-state index in [9.17, 15) is 14.7 Å². The second-order valence-electron chi connectivity index (χ2n) is 8.42. The molecule has 3 heterocycles. The van der Waals surface area contributed by atoms with Crippen molar-refractivity contribution in [2.24, 2.45) is 4.99 Å². The Morgan fingerprint density at radius 2 is 1.94 bits per heavy atom. The number of pyridine rings is 2. The molecule has 31 heavy (non-hydrogen) atoms. The lowest BCUT2D eigenvalue weighted by Gasteiger charge is -2.19. The van der Waals surface area contributed by atoms with Gasteiger partial charge in [0.25, 0.3) is 11.1 Å². The molecule has 0 amide bonds. The zero-order chi connectivity index (χ0) is 22.2. The first-order valence-electron chi connectivity index (χ1n) is 9.87. The number of fused-ring (bicyclic) bond motifs is 1. The van der Waals surface area contributed by atoms with Gasteiger partial charge < -0.3 is 9.52 Å². The third kappa shape index (κ3) is 4.07. The van der Waals surface area contributed by atoms with Gasteiger partial charge in [0.2, 0.25) is 5.88 Å². The van der Waals surface area contributed by atoms with Gasteiger partial charge in [-0.25, -0.2) is 0 Å². The molecule has 0 unspecified atom stereocenters. The number of aromatic amines is 1. The van der Waals surface area contributed by atoms with Crippen LogP contribution in [0.4, 0.5) is 0 Å². The zero-order valence-corrected chi connectivity index (χ0v) is 17.5. The first-order chi connectivity index (χ1) is 14.7. The average Bonchev–Trinajstić information content (AvgIpc) is 3.24. The molecule has 0 saturated heterocycles. The Balaban J connectivity index is 1.67. The van der Waals surface area contributed by atoms with Crippen LogP contribution in [0, 0.1) is 0 Å². The molecule has 0 fully saturated rings. The molecule has 7 nitrogen and oxygen atoms in total. The molecule has 1 aromatic carbocycles. The molecule has 0 spiro atoms. The van der Waals surface area contributed by atoms with Gasteiger partial charge in [-0.2, -0.15) is 0 Å². The maximum atomic E-state index is 12.4. The molecule has 2 N–H and O–H groups in total. The topological polar surface area (TPSA) is 101 Å². The zero-order valence-electron chi connectivity index (χ0n) is 17.5. The Bertz CT molecular complexity index is 1390. The third-order valence-electron chi connectivity index (χ3n) is 5.17. The molecular formula is C24H23N3O4. The largest absolute Gasteiger partial charge is 0.494 e. The molecule has 0 atom stereocenters. The van der Waals surface area contributed by atoms with E-state index in [2.05, 4.69) is 30.7 Å². The third-order valence-corrected chi connectivity index (χ3v) is 5.17. The van der Waals surface area contributed by atoms with Gasteiger partial charge in [-0.15, -0.1) is 0 Å². The minimum absolute atomic E-state index is 0.111. The van der Waals surface area contributed by atoms with Crippen molar-refractivity contribution >= 4 is 17.0 Å². The van der Waals surface area contributed by atoms with Crippen LogP contribution < -0.4 is 11.1 Å².